The van der Waals surface area contributed by atoms with Crippen LogP contribution in [0.4, 0.5) is 0 Å². The number of hydrogen-bond acceptors (Lipinski definition) is 2. The lowest BCUT2D eigenvalue weighted by molar-refractivity contribution is 0.0945. The number of aliphatic hydroxyl groups excluding tert-OH is 1. The number of aliphatic hydroxyl groups is 1. The van der Waals surface area contributed by atoms with Crippen molar-refractivity contribution < 1.29 is 9.90 Å². The molecule has 2 rings (SSSR count). The molecule has 20 heavy (non-hydrogen) atoms. The van der Waals surface area contributed by atoms with Crippen LogP contribution in [0.2, 0.25) is 0 Å². The molecule has 0 radical (unpaired) electrons. The van der Waals surface area contributed by atoms with Crippen LogP contribution in [0.3, 0.4) is 0 Å². The number of hydrogen-bond donors (Lipinski definition) is 2. The number of amides is 1. The molecule has 0 fully saturated rings. The highest BCUT2D eigenvalue weighted by molar-refractivity contribution is 5.94. The van der Waals surface area contributed by atoms with Crippen LogP contribution in [0.5, 0.6) is 0 Å². The Labute approximate surface area is 119 Å². The zero-order valence-electron chi connectivity index (χ0n) is 11.6. The Kier molecular flexibility index (Phi) is 4.96. The van der Waals surface area contributed by atoms with Crippen molar-refractivity contribution in [3.63, 3.8) is 0 Å². The molecule has 0 saturated heterocycles. The van der Waals surface area contributed by atoms with E-state index in [0.29, 0.717) is 18.5 Å². The number of nitrogens with zero attached hydrogens (tertiary/aromatic N) is 1. The topological polar surface area (TPSA) is 54.3 Å². The molecule has 0 bridgehead atoms. The van der Waals surface area contributed by atoms with Gasteiger partial charge in [-0.2, -0.15) is 0 Å². The van der Waals surface area contributed by atoms with E-state index in [4.69, 9.17) is 5.11 Å². The molecule has 2 N–H and O–H groups in total. The molecule has 1 aromatic heterocycles. The largest absolute Gasteiger partial charge is 0.396 e. The number of carbonyl (C=O) groups excluding carboxylic acids is 1. The molecule has 106 valence electrons. The highest BCUT2D eigenvalue weighted by Crippen LogP contribution is 2.10. The van der Waals surface area contributed by atoms with E-state index in [2.05, 4.69) is 5.32 Å². The first-order valence-corrected chi connectivity index (χ1v) is 6.83. The average molecular weight is 272 g/mol. The monoisotopic (exact) mass is 272 g/mol. The van der Waals surface area contributed by atoms with Gasteiger partial charge < -0.3 is 15.0 Å². The van der Waals surface area contributed by atoms with Crippen molar-refractivity contribution in [2.75, 3.05) is 13.2 Å². The summed E-state index contributed by atoms with van der Waals surface area (Å²) in [6.07, 6.45) is 4.63. The third-order valence-corrected chi connectivity index (χ3v) is 3.27. The standard InChI is InChI=1S/C16H20N2O2/c1-13(8-11-19)12-17-16(20)14-4-6-15(7-5-14)18-9-2-3-10-18/h2-7,9-10,13,19H,8,11-12H2,1H3,(H,17,20). The normalized spacial score (nSPS) is 12.1. The van der Waals surface area contributed by atoms with E-state index in [-0.39, 0.29) is 18.4 Å². The summed E-state index contributed by atoms with van der Waals surface area (Å²) in [4.78, 5) is 12.0. The Bertz CT molecular complexity index is 532. The van der Waals surface area contributed by atoms with Crippen LogP contribution < -0.4 is 5.32 Å². The number of rotatable bonds is 6. The highest BCUT2D eigenvalue weighted by atomic mass is 16.3. The van der Waals surface area contributed by atoms with Gasteiger partial charge in [-0.25, -0.2) is 0 Å². The van der Waals surface area contributed by atoms with E-state index in [1.165, 1.54) is 0 Å². The first kappa shape index (κ1) is 14.3. The lowest BCUT2D eigenvalue weighted by Crippen LogP contribution is -2.28. The van der Waals surface area contributed by atoms with E-state index in [1.807, 2.05) is 60.3 Å². The summed E-state index contributed by atoms with van der Waals surface area (Å²) in [5.74, 6) is 0.206. The number of nitrogens with one attached hydrogen (secondary N) is 1. The van der Waals surface area contributed by atoms with Gasteiger partial charge in [0.2, 0.25) is 0 Å². The summed E-state index contributed by atoms with van der Waals surface area (Å²) in [7, 11) is 0. The van der Waals surface area contributed by atoms with Crippen molar-refractivity contribution >= 4 is 5.91 Å². The fourth-order valence-corrected chi connectivity index (χ4v) is 1.98. The smallest absolute Gasteiger partial charge is 0.251 e. The van der Waals surface area contributed by atoms with E-state index in [9.17, 15) is 4.79 Å². The Hall–Kier alpha value is -2.07. The molecule has 1 amide bonds. The summed E-state index contributed by atoms with van der Waals surface area (Å²) >= 11 is 0. The minimum Gasteiger partial charge on any atom is -0.396 e. The van der Waals surface area contributed by atoms with Crippen molar-refractivity contribution in [2.45, 2.75) is 13.3 Å². The van der Waals surface area contributed by atoms with Crippen LogP contribution in [0.1, 0.15) is 23.7 Å². The second-order valence-corrected chi connectivity index (χ2v) is 4.96. The van der Waals surface area contributed by atoms with Gasteiger partial charge in [0.05, 0.1) is 0 Å². The Morgan fingerprint density at radius 3 is 2.50 bits per heavy atom. The van der Waals surface area contributed by atoms with E-state index in [1.54, 1.807) is 0 Å². The predicted molar refractivity (Wildman–Crippen MR) is 79.0 cm³/mol. The van der Waals surface area contributed by atoms with E-state index < -0.39 is 0 Å². The fourth-order valence-electron chi connectivity index (χ4n) is 1.98. The molecule has 0 spiro atoms. The summed E-state index contributed by atoms with van der Waals surface area (Å²) < 4.78 is 1.99. The molecular weight excluding hydrogens is 252 g/mol. The van der Waals surface area contributed by atoms with Crippen LogP contribution >= 0.6 is 0 Å². The fraction of sp³-hybridized carbons (Fsp3) is 0.312. The molecule has 0 aliphatic rings. The molecular formula is C16H20N2O2. The number of carbonyl (C=O) groups is 1. The zero-order chi connectivity index (χ0) is 14.4. The maximum absolute atomic E-state index is 12.0. The SMILES string of the molecule is CC(CCO)CNC(=O)c1ccc(-n2cccc2)cc1. The van der Waals surface area contributed by atoms with Gasteiger partial charge in [0.1, 0.15) is 0 Å². The first-order valence-electron chi connectivity index (χ1n) is 6.83. The average Bonchev–Trinajstić information content (AvgIpc) is 2.99. The van der Waals surface area contributed by atoms with Gasteiger partial charge in [-0.1, -0.05) is 6.92 Å². The van der Waals surface area contributed by atoms with Crippen molar-refractivity contribution in [1.82, 2.24) is 9.88 Å². The van der Waals surface area contributed by atoms with Gasteiger partial charge in [-0.05, 0) is 48.7 Å². The maximum atomic E-state index is 12.0. The van der Waals surface area contributed by atoms with Crippen molar-refractivity contribution in [2.24, 2.45) is 5.92 Å². The van der Waals surface area contributed by atoms with Gasteiger partial charge >= 0.3 is 0 Å². The third kappa shape index (κ3) is 3.71. The van der Waals surface area contributed by atoms with Crippen molar-refractivity contribution in [1.29, 1.82) is 0 Å². The predicted octanol–water partition coefficient (Wildman–Crippen LogP) is 2.23. The van der Waals surface area contributed by atoms with Gasteiger partial charge in [-0.3, -0.25) is 4.79 Å². The van der Waals surface area contributed by atoms with Gasteiger partial charge in [0.15, 0.2) is 0 Å². The van der Waals surface area contributed by atoms with Crippen molar-refractivity contribution in [3.05, 3.63) is 54.4 Å². The minimum atomic E-state index is -0.0751. The Balaban J connectivity index is 1.94. The summed E-state index contributed by atoms with van der Waals surface area (Å²) in [5.41, 5.74) is 1.68. The molecule has 0 aliphatic carbocycles. The Morgan fingerprint density at radius 2 is 1.90 bits per heavy atom. The zero-order valence-corrected chi connectivity index (χ0v) is 11.6. The second-order valence-electron chi connectivity index (χ2n) is 4.96. The van der Waals surface area contributed by atoms with Crippen molar-refractivity contribution in [3.8, 4) is 5.69 Å². The van der Waals surface area contributed by atoms with E-state index >= 15 is 0 Å². The quantitative estimate of drug-likeness (QED) is 0.847. The lowest BCUT2D eigenvalue weighted by Gasteiger charge is -2.11. The number of aromatic nitrogens is 1. The first-order chi connectivity index (χ1) is 9.70. The van der Waals surface area contributed by atoms with Gasteiger partial charge in [0.25, 0.3) is 5.91 Å². The third-order valence-electron chi connectivity index (χ3n) is 3.27. The molecule has 0 saturated carbocycles. The molecule has 1 aromatic carbocycles. The molecule has 2 aromatic rings. The summed E-state index contributed by atoms with van der Waals surface area (Å²) in [6.45, 7) is 2.74. The Morgan fingerprint density at radius 1 is 1.25 bits per heavy atom. The van der Waals surface area contributed by atoms with Crippen LogP contribution in [-0.2, 0) is 0 Å². The molecule has 0 aliphatic heterocycles. The summed E-state index contributed by atoms with van der Waals surface area (Å²) in [5, 5.41) is 11.7. The molecule has 1 heterocycles. The lowest BCUT2D eigenvalue weighted by atomic mass is 10.1. The summed E-state index contributed by atoms with van der Waals surface area (Å²) in [6, 6.07) is 11.4. The molecule has 4 heteroatoms. The molecule has 1 atom stereocenters. The van der Waals surface area contributed by atoms with Crippen LogP contribution in [0.15, 0.2) is 48.8 Å². The highest BCUT2D eigenvalue weighted by Gasteiger charge is 2.07. The second kappa shape index (κ2) is 6.91. The number of benzene rings is 1. The van der Waals surface area contributed by atoms with E-state index in [0.717, 1.165) is 5.69 Å². The molecule has 1 unspecified atom stereocenters. The maximum Gasteiger partial charge on any atom is 0.251 e. The van der Waals surface area contributed by atoms with Gasteiger partial charge in [-0.15, -0.1) is 0 Å². The van der Waals surface area contributed by atoms with Gasteiger partial charge in [0, 0.05) is 36.8 Å². The minimum absolute atomic E-state index is 0.0751. The van der Waals surface area contributed by atoms with Crippen LogP contribution in [0, 0.1) is 5.92 Å². The van der Waals surface area contributed by atoms with Crippen LogP contribution in [-0.4, -0.2) is 28.7 Å². The van der Waals surface area contributed by atoms with Crippen LogP contribution in [0.25, 0.3) is 5.69 Å². The molecule has 4 nitrogen and oxygen atoms in total.